The summed E-state index contributed by atoms with van der Waals surface area (Å²) in [6, 6.07) is 14.1. The van der Waals surface area contributed by atoms with E-state index in [9.17, 15) is 9.90 Å². The van der Waals surface area contributed by atoms with Gasteiger partial charge >= 0.3 is 0 Å². The smallest absolute Gasteiger partial charge is 0.288 e. The molecule has 3 heterocycles. The Kier molecular flexibility index (Phi) is 4.43. The summed E-state index contributed by atoms with van der Waals surface area (Å²) < 4.78 is 6.83. The van der Waals surface area contributed by atoms with Crippen LogP contribution >= 0.6 is 0 Å². The molecular formula is C21H17N7O3. The van der Waals surface area contributed by atoms with E-state index in [2.05, 4.69) is 31.0 Å². The molecule has 2 aromatic heterocycles. The summed E-state index contributed by atoms with van der Waals surface area (Å²) in [6.45, 7) is 0. The van der Waals surface area contributed by atoms with Crippen molar-refractivity contribution in [3.63, 3.8) is 0 Å². The van der Waals surface area contributed by atoms with E-state index in [1.165, 1.54) is 13.2 Å². The van der Waals surface area contributed by atoms with Gasteiger partial charge in [-0.05, 0) is 39.8 Å². The number of aromatic nitrogens is 6. The van der Waals surface area contributed by atoms with Crippen LogP contribution in [0.4, 0.5) is 11.6 Å². The fourth-order valence-electron chi connectivity index (χ4n) is 3.60. The maximum atomic E-state index is 12.6. The molecule has 1 aliphatic heterocycles. The number of hydrogen-bond donors (Lipinski definition) is 3. The quantitative estimate of drug-likeness (QED) is 0.408. The van der Waals surface area contributed by atoms with E-state index in [0.29, 0.717) is 34.2 Å². The topological polar surface area (TPSA) is 131 Å². The first-order chi connectivity index (χ1) is 15.2. The number of nitrogens with one attached hydrogen (secondary N) is 2. The number of methoxy groups -OCH3 is 1. The Hall–Kier alpha value is -4.47. The molecule has 4 aromatic rings. The molecule has 1 atom stereocenters. The lowest BCUT2D eigenvalue weighted by Crippen LogP contribution is -2.29. The summed E-state index contributed by atoms with van der Waals surface area (Å²) in [5, 5.41) is 31.7. The van der Waals surface area contributed by atoms with Gasteiger partial charge in [0.15, 0.2) is 11.5 Å². The molecule has 10 nitrogen and oxygen atoms in total. The molecule has 0 saturated heterocycles. The summed E-state index contributed by atoms with van der Waals surface area (Å²) in [6.07, 6.45) is 3.73. The number of anilines is 2. The first-order valence-corrected chi connectivity index (χ1v) is 9.43. The van der Waals surface area contributed by atoms with Crippen molar-refractivity contribution in [2.75, 3.05) is 12.4 Å². The average Bonchev–Trinajstić information content (AvgIpc) is 3.27. The Bertz CT molecular complexity index is 1340. The molecule has 0 saturated carbocycles. The molecule has 31 heavy (non-hydrogen) atoms. The number of tetrazole rings is 1. The number of aromatic hydroxyl groups is 1. The normalized spacial score (nSPS) is 14.7. The second-order valence-electron chi connectivity index (χ2n) is 6.88. The monoisotopic (exact) mass is 415 g/mol. The number of H-pyrrole nitrogens is 1. The highest BCUT2D eigenvalue weighted by Crippen LogP contribution is 2.40. The van der Waals surface area contributed by atoms with Crippen LogP contribution in [0.2, 0.25) is 0 Å². The van der Waals surface area contributed by atoms with E-state index >= 15 is 0 Å². The van der Waals surface area contributed by atoms with Crippen LogP contribution in [-0.4, -0.2) is 42.6 Å². The van der Waals surface area contributed by atoms with Crippen molar-refractivity contribution in [3.05, 3.63) is 81.3 Å². The summed E-state index contributed by atoms with van der Waals surface area (Å²) in [4.78, 5) is 12.6. The molecule has 10 heteroatoms. The number of phenols is 1. The maximum Gasteiger partial charge on any atom is 0.288 e. The van der Waals surface area contributed by atoms with Gasteiger partial charge in [0.25, 0.3) is 5.56 Å². The Labute approximate surface area is 175 Å². The molecule has 5 rings (SSSR count). The van der Waals surface area contributed by atoms with E-state index in [1.54, 1.807) is 16.8 Å². The molecule has 0 aliphatic carbocycles. The second-order valence-corrected chi connectivity index (χ2v) is 6.88. The number of benzene rings is 2. The van der Waals surface area contributed by atoms with E-state index < -0.39 is 11.6 Å². The number of fused-ring (bicyclic) bond motifs is 2. The molecule has 0 spiro atoms. The Morgan fingerprint density at radius 3 is 2.81 bits per heavy atom. The van der Waals surface area contributed by atoms with Gasteiger partial charge < -0.3 is 15.2 Å². The van der Waals surface area contributed by atoms with Crippen LogP contribution < -0.4 is 15.6 Å². The summed E-state index contributed by atoms with van der Waals surface area (Å²) in [5.74, 6) is 0.621. The van der Waals surface area contributed by atoms with Gasteiger partial charge in [-0.25, -0.2) is 5.10 Å². The highest BCUT2D eigenvalue weighted by atomic mass is 16.5. The lowest BCUT2D eigenvalue weighted by Gasteiger charge is -2.27. The van der Waals surface area contributed by atoms with Gasteiger partial charge in [-0.2, -0.15) is 9.78 Å². The first-order valence-electron chi connectivity index (χ1n) is 9.43. The van der Waals surface area contributed by atoms with Gasteiger partial charge in [0, 0.05) is 5.56 Å². The molecule has 0 unspecified atom stereocenters. The van der Waals surface area contributed by atoms with E-state index in [0.717, 1.165) is 5.56 Å². The molecule has 154 valence electrons. The molecule has 0 radical (unpaired) electrons. The highest BCUT2D eigenvalue weighted by Gasteiger charge is 2.33. The first kappa shape index (κ1) is 18.6. The molecule has 2 aromatic carbocycles. The van der Waals surface area contributed by atoms with E-state index in [4.69, 9.17) is 4.74 Å². The largest absolute Gasteiger partial charge is 0.504 e. The Balaban J connectivity index is 1.72. The predicted octanol–water partition coefficient (Wildman–Crippen LogP) is 2.34. The number of rotatable bonds is 4. The van der Waals surface area contributed by atoms with Crippen LogP contribution in [0.25, 0.3) is 12.2 Å². The van der Waals surface area contributed by atoms with Crippen molar-refractivity contribution in [1.29, 1.82) is 0 Å². The van der Waals surface area contributed by atoms with Crippen molar-refractivity contribution in [1.82, 2.24) is 30.4 Å². The van der Waals surface area contributed by atoms with E-state index in [-0.39, 0.29) is 5.75 Å². The van der Waals surface area contributed by atoms with Crippen molar-refractivity contribution >= 4 is 23.8 Å². The fraction of sp³-hybridized carbons (Fsp3) is 0.0952. The van der Waals surface area contributed by atoms with Gasteiger partial charge in [-0.3, -0.25) is 4.79 Å². The molecule has 0 fully saturated rings. The summed E-state index contributed by atoms with van der Waals surface area (Å²) in [5.41, 5.74) is 2.76. The van der Waals surface area contributed by atoms with Crippen LogP contribution in [0.3, 0.4) is 0 Å². The number of aromatic amines is 1. The SMILES string of the molecule is COc1cc([C@H]2c3c(/C=C/c4ccccc4)n[nH]c(=O)c3Nc3nnnn32)ccc1O. The molecule has 0 amide bonds. The third-order valence-electron chi connectivity index (χ3n) is 5.05. The fourth-order valence-corrected chi connectivity index (χ4v) is 3.60. The lowest BCUT2D eigenvalue weighted by molar-refractivity contribution is 0.372. The van der Waals surface area contributed by atoms with Crippen molar-refractivity contribution in [2.45, 2.75) is 6.04 Å². The Morgan fingerprint density at radius 2 is 2.00 bits per heavy atom. The van der Waals surface area contributed by atoms with E-state index in [1.807, 2.05) is 42.5 Å². The molecule has 3 N–H and O–H groups in total. The van der Waals surface area contributed by atoms with Crippen LogP contribution in [0.1, 0.15) is 28.4 Å². The third kappa shape index (κ3) is 3.19. The number of ether oxygens (including phenoxy) is 1. The second kappa shape index (κ2) is 7.41. The third-order valence-corrected chi connectivity index (χ3v) is 5.05. The van der Waals surface area contributed by atoms with Gasteiger partial charge in [0.05, 0.1) is 12.8 Å². The lowest BCUT2D eigenvalue weighted by atomic mass is 9.94. The average molecular weight is 415 g/mol. The minimum atomic E-state index is -0.569. The number of phenolic OH excluding ortho intramolecular Hbond substituents is 1. The van der Waals surface area contributed by atoms with Crippen LogP contribution in [0.5, 0.6) is 11.5 Å². The van der Waals surface area contributed by atoms with Crippen molar-refractivity contribution in [2.24, 2.45) is 0 Å². The predicted molar refractivity (Wildman–Crippen MR) is 113 cm³/mol. The van der Waals surface area contributed by atoms with Crippen LogP contribution in [0, 0.1) is 0 Å². The van der Waals surface area contributed by atoms with Crippen LogP contribution in [0.15, 0.2) is 53.3 Å². The number of hydrogen-bond acceptors (Lipinski definition) is 8. The van der Waals surface area contributed by atoms with Crippen molar-refractivity contribution in [3.8, 4) is 11.5 Å². The van der Waals surface area contributed by atoms with Crippen LogP contribution in [-0.2, 0) is 0 Å². The molecular weight excluding hydrogens is 398 g/mol. The zero-order valence-electron chi connectivity index (χ0n) is 16.4. The minimum absolute atomic E-state index is 0.00516. The summed E-state index contributed by atoms with van der Waals surface area (Å²) >= 11 is 0. The molecule has 1 aliphatic rings. The summed E-state index contributed by atoms with van der Waals surface area (Å²) in [7, 11) is 1.47. The maximum absolute atomic E-state index is 12.6. The standard InChI is InChI=1S/C21H17N7O3/c1-31-16-11-13(8-10-15(16)29)19-17-14(9-7-12-5-3-2-4-6-12)23-24-20(30)18(17)22-21-25-26-27-28(19)21/h2-11,19,29H,1H3,(H,24,30)(H,22,25,27)/b9-7+/t19-/m0/s1. The van der Waals surface area contributed by atoms with Gasteiger partial charge in [0.1, 0.15) is 11.7 Å². The number of nitrogens with zero attached hydrogens (tertiary/aromatic N) is 5. The van der Waals surface area contributed by atoms with Gasteiger partial charge in [-0.15, -0.1) is 0 Å². The zero-order chi connectivity index (χ0) is 21.4. The zero-order valence-corrected chi connectivity index (χ0v) is 16.4. The highest BCUT2D eigenvalue weighted by molar-refractivity contribution is 5.75. The Morgan fingerprint density at radius 1 is 1.16 bits per heavy atom. The molecule has 0 bridgehead atoms. The minimum Gasteiger partial charge on any atom is -0.504 e. The van der Waals surface area contributed by atoms with Crippen molar-refractivity contribution < 1.29 is 9.84 Å². The van der Waals surface area contributed by atoms with Gasteiger partial charge in [-0.1, -0.05) is 47.6 Å². The van der Waals surface area contributed by atoms with Gasteiger partial charge in [0.2, 0.25) is 5.95 Å².